The van der Waals surface area contributed by atoms with E-state index in [9.17, 15) is 9.59 Å². The fraction of sp³-hybridized carbons (Fsp3) is 0.765. The van der Waals surface area contributed by atoms with Gasteiger partial charge in [0.05, 0.1) is 6.61 Å². The molecular weight excluding hydrogens is 252 g/mol. The summed E-state index contributed by atoms with van der Waals surface area (Å²) in [5.74, 6) is 2.65. The molecule has 4 aliphatic rings. The predicted molar refractivity (Wildman–Crippen MR) is 73.8 cm³/mol. The van der Waals surface area contributed by atoms with E-state index in [4.69, 9.17) is 4.74 Å². The first-order chi connectivity index (χ1) is 9.59. The summed E-state index contributed by atoms with van der Waals surface area (Å²) in [6.45, 7) is 2.78. The van der Waals surface area contributed by atoms with Crippen LogP contribution in [0.5, 0.6) is 0 Å². The summed E-state index contributed by atoms with van der Waals surface area (Å²) < 4.78 is 5.27. The molecule has 4 rings (SSSR count). The number of ether oxygens (including phenoxy) is 1. The highest BCUT2D eigenvalue weighted by Gasteiger charge is 2.56. The number of Topliss-reactive ketones (excluding diaryl/α,β-unsaturated/α-hetero) is 1. The molecule has 0 saturated heterocycles. The first-order valence-electron chi connectivity index (χ1n) is 8.00. The van der Waals surface area contributed by atoms with Crippen molar-refractivity contribution in [2.75, 3.05) is 6.61 Å². The molecule has 0 aromatic heterocycles. The lowest BCUT2D eigenvalue weighted by Gasteiger charge is -2.51. The highest BCUT2D eigenvalue weighted by molar-refractivity contribution is 5.87. The molecule has 108 valence electrons. The summed E-state index contributed by atoms with van der Waals surface area (Å²) in [5.41, 5.74) is 1.27. The van der Waals surface area contributed by atoms with Crippen LogP contribution in [-0.4, -0.2) is 18.4 Å². The SMILES string of the molecule is C[C@]12CC[C@H]3[C@@H](CCC4=CC(=O)OC[C@@H]43)[C@@H]1CCC2=O. The van der Waals surface area contributed by atoms with Crippen molar-refractivity contribution in [1.29, 1.82) is 0 Å². The standard InChI is InChI=1S/C17H22O3/c1-17-7-6-11-12(14(17)4-5-15(17)18)3-2-10-8-16(19)20-9-13(10)11/h8,11-14H,2-7,9H2,1H3/t11-,12+,13-,14-,17-/m0/s1. The number of esters is 1. The lowest BCUT2D eigenvalue weighted by atomic mass is 9.53. The van der Waals surface area contributed by atoms with Gasteiger partial charge in [0.1, 0.15) is 5.78 Å². The summed E-state index contributed by atoms with van der Waals surface area (Å²) in [6, 6.07) is 0. The van der Waals surface area contributed by atoms with Crippen LogP contribution in [0, 0.1) is 29.1 Å². The largest absolute Gasteiger partial charge is 0.462 e. The van der Waals surface area contributed by atoms with Gasteiger partial charge in [-0.15, -0.1) is 0 Å². The van der Waals surface area contributed by atoms with Crippen molar-refractivity contribution >= 4 is 11.8 Å². The monoisotopic (exact) mass is 274 g/mol. The van der Waals surface area contributed by atoms with Crippen LogP contribution in [0.4, 0.5) is 0 Å². The highest BCUT2D eigenvalue weighted by atomic mass is 16.5. The van der Waals surface area contributed by atoms with Gasteiger partial charge in [0.2, 0.25) is 0 Å². The molecule has 0 bridgehead atoms. The quantitative estimate of drug-likeness (QED) is 0.638. The number of carbonyl (C=O) groups is 2. The smallest absolute Gasteiger partial charge is 0.330 e. The van der Waals surface area contributed by atoms with Gasteiger partial charge in [-0.2, -0.15) is 0 Å². The van der Waals surface area contributed by atoms with Gasteiger partial charge in [-0.3, -0.25) is 4.79 Å². The Morgan fingerprint density at radius 1 is 1.15 bits per heavy atom. The zero-order valence-corrected chi connectivity index (χ0v) is 12.1. The molecule has 1 heterocycles. The van der Waals surface area contributed by atoms with E-state index >= 15 is 0 Å². The number of fused-ring (bicyclic) bond motifs is 5. The topological polar surface area (TPSA) is 43.4 Å². The molecule has 3 fully saturated rings. The highest BCUT2D eigenvalue weighted by Crippen LogP contribution is 2.59. The van der Waals surface area contributed by atoms with Crippen LogP contribution < -0.4 is 0 Å². The van der Waals surface area contributed by atoms with E-state index < -0.39 is 0 Å². The second-order valence-electron chi connectivity index (χ2n) is 7.35. The molecule has 3 heteroatoms. The normalized spacial score (nSPS) is 47.0. The fourth-order valence-electron chi connectivity index (χ4n) is 5.57. The third kappa shape index (κ3) is 1.58. The average Bonchev–Trinajstić information content (AvgIpc) is 2.74. The van der Waals surface area contributed by atoms with Gasteiger partial charge in [0.15, 0.2) is 0 Å². The minimum atomic E-state index is -0.161. The maximum absolute atomic E-state index is 12.2. The van der Waals surface area contributed by atoms with Gasteiger partial charge in [0.25, 0.3) is 0 Å². The zero-order valence-electron chi connectivity index (χ0n) is 12.1. The van der Waals surface area contributed by atoms with Gasteiger partial charge in [-0.05, 0) is 49.9 Å². The summed E-state index contributed by atoms with van der Waals surface area (Å²) in [5, 5.41) is 0. The Kier molecular flexibility index (Phi) is 2.64. The summed E-state index contributed by atoms with van der Waals surface area (Å²) >= 11 is 0. The average molecular weight is 274 g/mol. The maximum atomic E-state index is 12.2. The van der Waals surface area contributed by atoms with Crippen molar-refractivity contribution in [2.24, 2.45) is 29.1 Å². The van der Waals surface area contributed by atoms with E-state index in [2.05, 4.69) is 6.92 Å². The molecule has 3 aliphatic carbocycles. The molecule has 3 saturated carbocycles. The van der Waals surface area contributed by atoms with E-state index in [1.165, 1.54) is 5.57 Å². The zero-order chi connectivity index (χ0) is 13.9. The number of carbonyl (C=O) groups excluding carboxylic acids is 2. The molecule has 0 aromatic carbocycles. The molecule has 0 radical (unpaired) electrons. The second kappa shape index (κ2) is 4.19. The molecular formula is C17H22O3. The van der Waals surface area contributed by atoms with Crippen LogP contribution in [0.1, 0.15) is 45.4 Å². The second-order valence-corrected chi connectivity index (χ2v) is 7.35. The number of hydrogen-bond acceptors (Lipinski definition) is 3. The summed E-state index contributed by atoms with van der Waals surface area (Å²) in [7, 11) is 0. The Labute approximate surface area is 119 Å². The third-order valence-electron chi connectivity index (χ3n) is 6.67. The molecule has 0 unspecified atom stereocenters. The number of rotatable bonds is 0. The number of ketones is 1. The molecule has 5 atom stereocenters. The first-order valence-corrected chi connectivity index (χ1v) is 8.00. The number of cyclic esters (lactones) is 1. The Balaban J connectivity index is 1.65. The van der Waals surface area contributed by atoms with Crippen LogP contribution in [0.3, 0.4) is 0 Å². The van der Waals surface area contributed by atoms with Crippen LogP contribution in [-0.2, 0) is 14.3 Å². The fourth-order valence-corrected chi connectivity index (χ4v) is 5.57. The van der Waals surface area contributed by atoms with Gasteiger partial charge >= 0.3 is 5.97 Å². The Morgan fingerprint density at radius 2 is 2.00 bits per heavy atom. The Morgan fingerprint density at radius 3 is 2.85 bits per heavy atom. The van der Waals surface area contributed by atoms with Crippen molar-refractivity contribution < 1.29 is 14.3 Å². The maximum Gasteiger partial charge on any atom is 0.330 e. The van der Waals surface area contributed by atoms with Crippen LogP contribution in [0.2, 0.25) is 0 Å². The van der Waals surface area contributed by atoms with Gasteiger partial charge in [-0.1, -0.05) is 12.5 Å². The van der Waals surface area contributed by atoms with Gasteiger partial charge < -0.3 is 4.74 Å². The number of hydrogen-bond donors (Lipinski definition) is 0. The summed E-state index contributed by atoms with van der Waals surface area (Å²) in [4.78, 5) is 23.7. The van der Waals surface area contributed by atoms with Crippen molar-refractivity contribution in [3.8, 4) is 0 Å². The Hall–Kier alpha value is -1.12. The lowest BCUT2D eigenvalue weighted by molar-refractivity contribution is -0.143. The third-order valence-corrected chi connectivity index (χ3v) is 6.67. The van der Waals surface area contributed by atoms with Crippen molar-refractivity contribution in [3.63, 3.8) is 0 Å². The van der Waals surface area contributed by atoms with Crippen LogP contribution >= 0.6 is 0 Å². The minimum absolute atomic E-state index is 0.0479. The van der Waals surface area contributed by atoms with Crippen molar-refractivity contribution in [3.05, 3.63) is 11.6 Å². The first kappa shape index (κ1) is 12.6. The van der Waals surface area contributed by atoms with E-state index in [0.29, 0.717) is 36.1 Å². The lowest BCUT2D eigenvalue weighted by Crippen LogP contribution is -2.47. The molecule has 0 amide bonds. The van der Waals surface area contributed by atoms with E-state index in [1.807, 2.05) is 0 Å². The van der Waals surface area contributed by atoms with Crippen molar-refractivity contribution in [1.82, 2.24) is 0 Å². The minimum Gasteiger partial charge on any atom is -0.462 e. The molecule has 20 heavy (non-hydrogen) atoms. The van der Waals surface area contributed by atoms with E-state index in [1.54, 1.807) is 6.08 Å². The molecule has 0 aromatic rings. The van der Waals surface area contributed by atoms with E-state index in [0.717, 1.165) is 38.5 Å². The van der Waals surface area contributed by atoms with Crippen molar-refractivity contribution in [2.45, 2.75) is 45.4 Å². The summed E-state index contributed by atoms with van der Waals surface area (Å²) in [6.07, 6.45) is 7.96. The van der Waals surface area contributed by atoms with E-state index in [-0.39, 0.29) is 11.4 Å². The molecule has 0 N–H and O–H groups in total. The van der Waals surface area contributed by atoms with Crippen LogP contribution in [0.15, 0.2) is 11.6 Å². The van der Waals surface area contributed by atoms with Gasteiger partial charge in [0, 0.05) is 23.8 Å². The molecule has 1 aliphatic heterocycles. The molecule has 3 nitrogen and oxygen atoms in total. The molecule has 0 spiro atoms. The predicted octanol–water partition coefficient (Wildman–Crippen LogP) is 2.89. The van der Waals surface area contributed by atoms with Gasteiger partial charge in [-0.25, -0.2) is 4.79 Å². The van der Waals surface area contributed by atoms with Crippen LogP contribution in [0.25, 0.3) is 0 Å². The Bertz CT molecular complexity index is 506.